The number of carbonyl (C=O) groups excluding carboxylic acids is 1. The van der Waals surface area contributed by atoms with Crippen molar-refractivity contribution in [2.75, 3.05) is 11.9 Å². The second-order valence-electron chi connectivity index (χ2n) is 6.28. The van der Waals surface area contributed by atoms with Gasteiger partial charge in [0.1, 0.15) is 11.6 Å². The maximum Gasteiger partial charge on any atom is 0.227 e. The normalized spacial score (nSPS) is 10.6. The molecule has 1 amide bonds. The minimum atomic E-state index is -0.102. The first kappa shape index (κ1) is 18.6. The molecule has 27 heavy (non-hydrogen) atoms. The lowest BCUT2D eigenvalue weighted by molar-refractivity contribution is -0.116. The molecule has 0 radical (unpaired) electrons. The number of hydrogen-bond acceptors (Lipinski definition) is 5. The summed E-state index contributed by atoms with van der Waals surface area (Å²) in [4.78, 5) is 16.4. The molecule has 0 saturated heterocycles. The number of carbonyl (C=O) groups is 1. The van der Waals surface area contributed by atoms with E-state index in [0.717, 1.165) is 11.3 Å². The standard InChI is InChI=1S/C20H23N5O2/c1-13-3-8-17(11-14(13)2)27-10-9-19(26)22-16-6-4-15(5-7-16)20-23-18(12-21)24-25-20/h3-8,11H,9-10,12,21H2,1-2H3,(H,22,26)(H,23,24,25). The minimum Gasteiger partial charge on any atom is -0.493 e. The number of aryl methyl sites for hydroxylation is 2. The van der Waals surface area contributed by atoms with Gasteiger partial charge in [-0.2, -0.15) is 5.10 Å². The average Bonchev–Trinajstić information content (AvgIpc) is 3.14. The smallest absolute Gasteiger partial charge is 0.227 e. The van der Waals surface area contributed by atoms with Crippen molar-refractivity contribution in [3.63, 3.8) is 0 Å². The molecule has 0 aliphatic carbocycles. The SMILES string of the molecule is Cc1ccc(OCCC(=O)Nc2ccc(-c3n[nH]c(CN)n3)cc2)cc1C. The number of anilines is 1. The van der Waals surface area contributed by atoms with Crippen LogP contribution in [-0.2, 0) is 11.3 Å². The molecule has 3 aromatic rings. The number of aromatic nitrogens is 3. The van der Waals surface area contributed by atoms with Crippen LogP contribution in [-0.4, -0.2) is 27.7 Å². The number of hydrogen-bond donors (Lipinski definition) is 3. The molecule has 0 saturated carbocycles. The Morgan fingerprint density at radius 1 is 1.15 bits per heavy atom. The molecule has 1 aromatic heterocycles. The topological polar surface area (TPSA) is 106 Å². The zero-order valence-electron chi connectivity index (χ0n) is 15.5. The van der Waals surface area contributed by atoms with Crippen molar-refractivity contribution in [2.24, 2.45) is 5.73 Å². The van der Waals surface area contributed by atoms with Crippen molar-refractivity contribution < 1.29 is 9.53 Å². The van der Waals surface area contributed by atoms with Gasteiger partial charge in [0.15, 0.2) is 5.82 Å². The first-order valence-electron chi connectivity index (χ1n) is 8.77. The number of aromatic amines is 1. The fourth-order valence-corrected chi connectivity index (χ4v) is 2.51. The first-order chi connectivity index (χ1) is 13.0. The molecule has 140 valence electrons. The summed E-state index contributed by atoms with van der Waals surface area (Å²) >= 11 is 0. The fourth-order valence-electron chi connectivity index (χ4n) is 2.51. The first-order valence-corrected chi connectivity index (χ1v) is 8.77. The average molecular weight is 365 g/mol. The molecular weight excluding hydrogens is 342 g/mol. The van der Waals surface area contributed by atoms with E-state index in [1.54, 1.807) is 0 Å². The Bertz CT molecular complexity index is 918. The van der Waals surface area contributed by atoms with E-state index in [2.05, 4.69) is 27.4 Å². The number of ether oxygens (including phenoxy) is 1. The Hall–Kier alpha value is -3.19. The highest BCUT2D eigenvalue weighted by Crippen LogP contribution is 2.19. The highest BCUT2D eigenvalue weighted by atomic mass is 16.5. The molecule has 2 aromatic carbocycles. The summed E-state index contributed by atoms with van der Waals surface area (Å²) in [6.07, 6.45) is 0.273. The van der Waals surface area contributed by atoms with Gasteiger partial charge in [-0.15, -0.1) is 0 Å². The predicted octanol–water partition coefficient (Wildman–Crippen LogP) is 2.95. The van der Waals surface area contributed by atoms with Crippen molar-refractivity contribution in [3.05, 3.63) is 59.4 Å². The number of benzene rings is 2. The van der Waals surface area contributed by atoms with Crippen LogP contribution >= 0.6 is 0 Å². The lowest BCUT2D eigenvalue weighted by atomic mass is 10.1. The summed E-state index contributed by atoms with van der Waals surface area (Å²) in [6.45, 7) is 4.72. The third-order valence-electron chi connectivity index (χ3n) is 4.23. The van der Waals surface area contributed by atoms with Gasteiger partial charge in [0.05, 0.1) is 19.6 Å². The Morgan fingerprint density at radius 3 is 2.59 bits per heavy atom. The van der Waals surface area contributed by atoms with Gasteiger partial charge in [-0.25, -0.2) is 4.98 Å². The Kier molecular flexibility index (Phi) is 5.83. The second kappa shape index (κ2) is 8.46. The third kappa shape index (κ3) is 4.92. The molecule has 0 spiro atoms. The summed E-state index contributed by atoms with van der Waals surface area (Å²) in [5.74, 6) is 1.88. The van der Waals surface area contributed by atoms with Crippen molar-refractivity contribution in [1.29, 1.82) is 0 Å². The van der Waals surface area contributed by atoms with E-state index in [0.29, 0.717) is 30.5 Å². The molecule has 0 fully saturated rings. The number of nitrogens with two attached hydrogens (primary N) is 1. The van der Waals surface area contributed by atoms with Gasteiger partial charge in [0, 0.05) is 11.3 Å². The number of H-pyrrole nitrogens is 1. The van der Waals surface area contributed by atoms with E-state index in [1.165, 1.54) is 11.1 Å². The van der Waals surface area contributed by atoms with Crippen molar-refractivity contribution in [1.82, 2.24) is 15.2 Å². The molecule has 0 aliphatic heterocycles. The van der Waals surface area contributed by atoms with E-state index < -0.39 is 0 Å². The molecule has 0 atom stereocenters. The van der Waals surface area contributed by atoms with Crippen LogP contribution in [0.5, 0.6) is 5.75 Å². The van der Waals surface area contributed by atoms with Crippen LogP contribution in [0.2, 0.25) is 0 Å². The third-order valence-corrected chi connectivity index (χ3v) is 4.23. The molecule has 0 aliphatic rings. The van der Waals surface area contributed by atoms with Crippen LogP contribution in [0.15, 0.2) is 42.5 Å². The van der Waals surface area contributed by atoms with E-state index in [4.69, 9.17) is 10.5 Å². The zero-order valence-corrected chi connectivity index (χ0v) is 15.5. The van der Waals surface area contributed by atoms with Gasteiger partial charge in [-0.3, -0.25) is 9.89 Å². The van der Waals surface area contributed by atoms with Crippen LogP contribution < -0.4 is 15.8 Å². The van der Waals surface area contributed by atoms with Crippen LogP contribution in [0.1, 0.15) is 23.4 Å². The lowest BCUT2D eigenvalue weighted by Gasteiger charge is -2.09. The Balaban J connectivity index is 1.49. The fraction of sp³-hybridized carbons (Fsp3) is 0.250. The molecule has 1 heterocycles. The predicted molar refractivity (Wildman–Crippen MR) is 104 cm³/mol. The van der Waals surface area contributed by atoms with Crippen LogP contribution in [0, 0.1) is 13.8 Å². The highest BCUT2D eigenvalue weighted by Gasteiger charge is 2.07. The molecular formula is C20H23N5O2. The highest BCUT2D eigenvalue weighted by molar-refractivity contribution is 5.91. The number of rotatable bonds is 7. The molecule has 7 nitrogen and oxygen atoms in total. The van der Waals surface area contributed by atoms with Crippen LogP contribution in [0.25, 0.3) is 11.4 Å². The molecule has 0 bridgehead atoms. The van der Waals surface area contributed by atoms with Crippen molar-refractivity contribution in [2.45, 2.75) is 26.8 Å². The summed E-state index contributed by atoms with van der Waals surface area (Å²) in [6, 6.07) is 13.2. The summed E-state index contributed by atoms with van der Waals surface area (Å²) in [5, 5.41) is 9.74. The van der Waals surface area contributed by atoms with Gasteiger partial charge in [0.25, 0.3) is 0 Å². The number of nitrogens with one attached hydrogen (secondary N) is 2. The Morgan fingerprint density at radius 2 is 1.93 bits per heavy atom. The molecule has 4 N–H and O–H groups in total. The van der Waals surface area contributed by atoms with Crippen molar-refractivity contribution >= 4 is 11.6 Å². The number of nitrogens with zero attached hydrogens (tertiary/aromatic N) is 2. The maximum atomic E-state index is 12.1. The van der Waals surface area contributed by atoms with E-state index >= 15 is 0 Å². The van der Waals surface area contributed by atoms with Gasteiger partial charge < -0.3 is 15.8 Å². The second-order valence-corrected chi connectivity index (χ2v) is 6.28. The van der Waals surface area contributed by atoms with Crippen LogP contribution in [0.4, 0.5) is 5.69 Å². The van der Waals surface area contributed by atoms with Gasteiger partial charge in [0.2, 0.25) is 5.91 Å². The maximum absolute atomic E-state index is 12.1. The van der Waals surface area contributed by atoms with Gasteiger partial charge in [-0.05, 0) is 61.4 Å². The molecule has 0 unspecified atom stereocenters. The number of amides is 1. The molecule has 3 rings (SSSR count). The largest absolute Gasteiger partial charge is 0.493 e. The van der Waals surface area contributed by atoms with E-state index in [1.807, 2.05) is 49.4 Å². The summed E-state index contributed by atoms with van der Waals surface area (Å²) in [7, 11) is 0. The Labute approximate surface area is 158 Å². The van der Waals surface area contributed by atoms with E-state index in [-0.39, 0.29) is 12.3 Å². The minimum absolute atomic E-state index is 0.102. The summed E-state index contributed by atoms with van der Waals surface area (Å²) < 4.78 is 5.65. The lowest BCUT2D eigenvalue weighted by Crippen LogP contribution is -2.15. The van der Waals surface area contributed by atoms with E-state index in [9.17, 15) is 4.79 Å². The van der Waals surface area contributed by atoms with Crippen LogP contribution in [0.3, 0.4) is 0 Å². The van der Waals surface area contributed by atoms with Crippen molar-refractivity contribution in [3.8, 4) is 17.1 Å². The molecule has 7 heteroatoms. The van der Waals surface area contributed by atoms with Gasteiger partial charge in [-0.1, -0.05) is 6.07 Å². The summed E-state index contributed by atoms with van der Waals surface area (Å²) in [5.41, 5.74) is 9.47. The zero-order chi connectivity index (χ0) is 19.2. The monoisotopic (exact) mass is 365 g/mol. The van der Waals surface area contributed by atoms with Gasteiger partial charge >= 0.3 is 0 Å². The quantitative estimate of drug-likeness (QED) is 0.597.